The summed E-state index contributed by atoms with van der Waals surface area (Å²) in [6.07, 6.45) is -4.47. The van der Waals surface area contributed by atoms with Crippen molar-refractivity contribution in [2.45, 2.75) is 6.18 Å². The number of hydrogen-bond acceptors (Lipinski definition) is 1. The number of hydrogen-bond donors (Lipinski definition) is 1. The van der Waals surface area contributed by atoms with Gasteiger partial charge in [-0.1, -0.05) is 12.1 Å². The molecular formula is C13H9F4N. The Morgan fingerprint density at radius 2 is 1.50 bits per heavy atom. The average molecular weight is 255 g/mol. The molecule has 0 aromatic heterocycles. The molecule has 2 N–H and O–H groups in total. The minimum absolute atomic E-state index is 0.0532. The second kappa shape index (κ2) is 4.33. The third kappa shape index (κ3) is 2.45. The van der Waals surface area contributed by atoms with Crippen LogP contribution in [0.15, 0.2) is 42.5 Å². The van der Waals surface area contributed by atoms with Gasteiger partial charge >= 0.3 is 6.18 Å². The van der Waals surface area contributed by atoms with Crippen molar-refractivity contribution in [1.82, 2.24) is 0 Å². The van der Waals surface area contributed by atoms with Crippen LogP contribution in [0.1, 0.15) is 5.56 Å². The van der Waals surface area contributed by atoms with Crippen molar-refractivity contribution in [2.75, 3.05) is 5.73 Å². The van der Waals surface area contributed by atoms with E-state index in [1.54, 1.807) is 0 Å². The van der Waals surface area contributed by atoms with Gasteiger partial charge in [0.25, 0.3) is 0 Å². The van der Waals surface area contributed by atoms with Crippen LogP contribution in [-0.4, -0.2) is 0 Å². The summed E-state index contributed by atoms with van der Waals surface area (Å²) in [5.41, 5.74) is 5.15. The van der Waals surface area contributed by atoms with Crippen LogP contribution in [0, 0.1) is 5.82 Å². The molecule has 0 heterocycles. The summed E-state index contributed by atoms with van der Waals surface area (Å²) in [5, 5.41) is 0. The molecule has 0 aliphatic carbocycles. The first-order valence-corrected chi connectivity index (χ1v) is 5.10. The fraction of sp³-hybridized carbons (Fsp3) is 0.0769. The third-order valence-electron chi connectivity index (χ3n) is 2.50. The second-order valence-corrected chi connectivity index (χ2v) is 3.81. The SMILES string of the molecule is Nc1ccc(C(F)(F)F)c(-c2ccc(F)cc2)c1. The molecular weight excluding hydrogens is 246 g/mol. The lowest BCUT2D eigenvalue weighted by atomic mass is 9.98. The van der Waals surface area contributed by atoms with Crippen LogP contribution in [-0.2, 0) is 6.18 Å². The van der Waals surface area contributed by atoms with Crippen molar-refractivity contribution in [1.29, 1.82) is 0 Å². The van der Waals surface area contributed by atoms with E-state index in [4.69, 9.17) is 5.73 Å². The molecule has 1 nitrogen and oxygen atoms in total. The summed E-state index contributed by atoms with van der Waals surface area (Å²) >= 11 is 0. The number of alkyl halides is 3. The Labute approximate surface area is 101 Å². The van der Waals surface area contributed by atoms with Gasteiger partial charge < -0.3 is 5.73 Å². The lowest BCUT2D eigenvalue weighted by molar-refractivity contribution is -0.137. The molecule has 0 bridgehead atoms. The molecule has 0 saturated heterocycles. The highest BCUT2D eigenvalue weighted by molar-refractivity contribution is 5.71. The minimum atomic E-state index is -4.47. The van der Waals surface area contributed by atoms with Crippen molar-refractivity contribution in [3.8, 4) is 11.1 Å². The topological polar surface area (TPSA) is 26.0 Å². The van der Waals surface area contributed by atoms with E-state index < -0.39 is 17.6 Å². The van der Waals surface area contributed by atoms with Crippen LogP contribution < -0.4 is 5.73 Å². The molecule has 5 heteroatoms. The van der Waals surface area contributed by atoms with Crippen LogP contribution in [0.4, 0.5) is 23.2 Å². The fourth-order valence-corrected chi connectivity index (χ4v) is 1.68. The maximum Gasteiger partial charge on any atom is 0.417 e. The first-order valence-electron chi connectivity index (χ1n) is 5.10. The maximum absolute atomic E-state index is 12.8. The van der Waals surface area contributed by atoms with E-state index in [0.29, 0.717) is 0 Å². The normalized spacial score (nSPS) is 11.6. The molecule has 18 heavy (non-hydrogen) atoms. The molecule has 2 aromatic rings. The second-order valence-electron chi connectivity index (χ2n) is 3.81. The third-order valence-corrected chi connectivity index (χ3v) is 2.50. The van der Waals surface area contributed by atoms with Gasteiger partial charge in [0.15, 0.2) is 0 Å². The van der Waals surface area contributed by atoms with Crippen molar-refractivity contribution < 1.29 is 17.6 Å². The zero-order chi connectivity index (χ0) is 13.3. The number of halogens is 4. The lowest BCUT2D eigenvalue weighted by Crippen LogP contribution is -2.07. The molecule has 0 saturated carbocycles. The summed E-state index contributed by atoms with van der Waals surface area (Å²) in [7, 11) is 0. The van der Waals surface area contributed by atoms with E-state index in [2.05, 4.69) is 0 Å². The lowest BCUT2D eigenvalue weighted by Gasteiger charge is -2.13. The van der Waals surface area contributed by atoms with E-state index in [1.165, 1.54) is 24.3 Å². The van der Waals surface area contributed by atoms with Gasteiger partial charge in [-0.2, -0.15) is 13.2 Å². The molecule has 0 unspecified atom stereocenters. The van der Waals surface area contributed by atoms with Crippen molar-refractivity contribution in [3.05, 3.63) is 53.8 Å². The Bertz CT molecular complexity index is 558. The van der Waals surface area contributed by atoms with Gasteiger partial charge in [0.2, 0.25) is 0 Å². The Hall–Kier alpha value is -2.04. The number of nitrogens with two attached hydrogens (primary N) is 1. The van der Waals surface area contributed by atoms with Gasteiger partial charge in [0, 0.05) is 5.69 Å². The Balaban J connectivity index is 2.62. The van der Waals surface area contributed by atoms with E-state index in [0.717, 1.165) is 18.2 Å². The first-order chi connectivity index (χ1) is 8.38. The zero-order valence-electron chi connectivity index (χ0n) is 9.13. The van der Waals surface area contributed by atoms with E-state index in [1.807, 2.05) is 0 Å². The monoisotopic (exact) mass is 255 g/mol. The molecule has 0 amide bonds. The summed E-state index contributed by atoms with van der Waals surface area (Å²) in [4.78, 5) is 0. The number of benzene rings is 2. The highest BCUT2D eigenvalue weighted by atomic mass is 19.4. The molecule has 2 aromatic carbocycles. The Morgan fingerprint density at radius 3 is 2.06 bits per heavy atom. The molecule has 0 fully saturated rings. The molecule has 0 spiro atoms. The van der Waals surface area contributed by atoms with Crippen LogP contribution in [0.25, 0.3) is 11.1 Å². The predicted molar refractivity (Wildman–Crippen MR) is 61.3 cm³/mol. The van der Waals surface area contributed by atoms with E-state index in [-0.39, 0.29) is 16.8 Å². The summed E-state index contributed by atoms with van der Waals surface area (Å²) in [5.74, 6) is -0.504. The maximum atomic E-state index is 12.8. The quantitative estimate of drug-likeness (QED) is 0.602. The molecule has 0 atom stereocenters. The molecule has 0 aliphatic rings. The largest absolute Gasteiger partial charge is 0.417 e. The summed E-state index contributed by atoms with van der Waals surface area (Å²) in [6, 6.07) is 8.15. The standard InChI is InChI=1S/C13H9F4N/c14-9-3-1-8(2-4-9)11-7-10(18)5-6-12(11)13(15,16)17/h1-7H,18H2. The Morgan fingerprint density at radius 1 is 0.889 bits per heavy atom. The highest BCUT2D eigenvalue weighted by Crippen LogP contribution is 2.38. The van der Waals surface area contributed by atoms with Crippen molar-refractivity contribution in [2.24, 2.45) is 0 Å². The van der Waals surface area contributed by atoms with Crippen LogP contribution in [0.5, 0.6) is 0 Å². The Kier molecular flexibility index (Phi) is 2.98. The highest BCUT2D eigenvalue weighted by Gasteiger charge is 2.33. The van der Waals surface area contributed by atoms with E-state index >= 15 is 0 Å². The molecule has 94 valence electrons. The van der Waals surface area contributed by atoms with Crippen LogP contribution in [0.3, 0.4) is 0 Å². The van der Waals surface area contributed by atoms with Gasteiger partial charge in [0.1, 0.15) is 5.82 Å². The summed E-state index contributed by atoms with van der Waals surface area (Å²) < 4.78 is 51.3. The summed E-state index contributed by atoms with van der Waals surface area (Å²) in [6.45, 7) is 0. The molecule has 0 aliphatic heterocycles. The van der Waals surface area contributed by atoms with Crippen molar-refractivity contribution in [3.63, 3.8) is 0 Å². The van der Waals surface area contributed by atoms with Gasteiger partial charge in [-0.05, 0) is 41.5 Å². The van der Waals surface area contributed by atoms with Crippen molar-refractivity contribution >= 4 is 5.69 Å². The number of anilines is 1. The van der Waals surface area contributed by atoms with Crippen LogP contribution >= 0.6 is 0 Å². The predicted octanol–water partition coefficient (Wildman–Crippen LogP) is 4.09. The number of rotatable bonds is 1. The molecule has 2 rings (SSSR count). The smallest absolute Gasteiger partial charge is 0.399 e. The minimum Gasteiger partial charge on any atom is -0.399 e. The first kappa shape index (κ1) is 12.4. The fourth-order valence-electron chi connectivity index (χ4n) is 1.68. The van der Waals surface area contributed by atoms with Gasteiger partial charge in [-0.15, -0.1) is 0 Å². The van der Waals surface area contributed by atoms with E-state index in [9.17, 15) is 17.6 Å². The van der Waals surface area contributed by atoms with Gasteiger partial charge in [-0.3, -0.25) is 0 Å². The van der Waals surface area contributed by atoms with Gasteiger partial charge in [-0.25, -0.2) is 4.39 Å². The molecule has 0 radical (unpaired) electrons. The number of nitrogen functional groups attached to an aromatic ring is 1. The zero-order valence-corrected chi connectivity index (χ0v) is 9.13. The van der Waals surface area contributed by atoms with Crippen LogP contribution in [0.2, 0.25) is 0 Å². The average Bonchev–Trinajstić information content (AvgIpc) is 2.28. The van der Waals surface area contributed by atoms with Gasteiger partial charge in [0.05, 0.1) is 5.56 Å².